The van der Waals surface area contributed by atoms with Crippen LogP contribution in [0.3, 0.4) is 0 Å². The molecule has 5 fully saturated rings. The van der Waals surface area contributed by atoms with E-state index >= 15 is 0 Å². The van der Waals surface area contributed by atoms with Gasteiger partial charge in [-0.1, -0.05) is 6.42 Å². The minimum Gasteiger partial charge on any atom is -0.472 e. The van der Waals surface area contributed by atoms with E-state index in [-0.39, 0.29) is 47.2 Å². The van der Waals surface area contributed by atoms with E-state index in [2.05, 4.69) is 26.6 Å². The van der Waals surface area contributed by atoms with Crippen LogP contribution in [0.15, 0.2) is 12.0 Å². The minimum absolute atomic E-state index is 0.00604. The highest BCUT2D eigenvalue weighted by Gasteiger charge is 2.51. The van der Waals surface area contributed by atoms with Gasteiger partial charge in [-0.05, 0) is 32.1 Å². The van der Waals surface area contributed by atoms with Crippen LogP contribution in [0.25, 0.3) is 0 Å². The Balaban J connectivity index is 1.06. The molecule has 1 aliphatic carbocycles. The van der Waals surface area contributed by atoms with Crippen molar-refractivity contribution in [2.45, 2.75) is 98.0 Å². The second kappa shape index (κ2) is 12.2. The first kappa shape index (κ1) is 27.7. The van der Waals surface area contributed by atoms with Gasteiger partial charge in [0.25, 0.3) is 0 Å². The molecule has 0 bridgehead atoms. The first-order valence-corrected chi connectivity index (χ1v) is 15.8. The summed E-state index contributed by atoms with van der Waals surface area (Å²) in [6.45, 7) is 4.02. The number of ketones is 1. The van der Waals surface area contributed by atoms with Crippen LogP contribution in [-0.4, -0.2) is 109 Å². The Labute approximate surface area is 234 Å². The minimum atomic E-state index is -0.516. The van der Waals surface area contributed by atoms with Gasteiger partial charge in [-0.2, -0.15) is 0 Å². The number of ether oxygens (including phenoxy) is 3. The first-order valence-electron chi connectivity index (χ1n) is 14.9. The molecular formula is C27H45N6O5S+. The number of hydrogen-bond acceptors (Lipinski definition) is 10. The SMILES string of the molecule is NC(=O)C1NCC(N[C@H]2CCCC[C@H]2[NH3+])CC1NC1CCC(C2COC3C(=O)C=C(N4CCOCC4)OC32)S1. The molecule has 1 amide bonds. The zero-order valence-electron chi connectivity index (χ0n) is 22.7. The van der Waals surface area contributed by atoms with Crippen molar-refractivity contribution in [2.75, 3.05) is 39.5 Å². The summed E-state index contributed by atoms with van der Waals surface area (Å²) in [4.78, 5) is 27.3. The van der Waals surface area contributed by atoms with Gasteiger partial charge in [0.1, 0.15) is 12.1 Å². The number of primary amides is 1. The predicted octanol–water partition coefficient (Wildman–Crippen LogP) is -1.32. The number of nitrogens with two attached hydrogens (primary N) is 1. The highest BCUT2D eigenvalue weighted by molar-refractivity contribution is 8.00. The fraction of sp³-hybridized carbons (Fsp3) is 0.852. The number of hydrogen-bond donors (Lipinski definition) is 5. The lowest BCUT2D eigenvalue weighted by Crippen LogP contribution is -2.72. The Hall–Kier alpha value is -1.41. The van der Waals surface area contributed by atoms with Gasteiger partial charge in [0.15, 0.2) is 17.8 Å². The summed E-state index contributed by atoms with van der Waals surface area (Å²) in [5.41, 5.74) is 10.2. The summed E-state index contributed by atoms with van der Waals surface area (Å²) in [7, 11) is 0. The molecule has 0 spiro atoms. The number of carbonyl (C=O) groups excluding carboxylic acids is 2. The highest BCUT2D eigenvalue weighted by Crippen LogP contribution is 2.44. The van der Waals surface area contributed by atoms with Crippen LogP contribution in [0.5, 0.6) is 0 Å². The number of amides is 1. The fourth-order valence-electron chi connectivity index (χ4n) is 7.26. The number of piperidine rings is 1. The smallest absolute Gasteiger partial charge is 0.236 e. The number of thioether (sulfide) groups is 1. The zero-order chi connectivity index (χ0) is 26.9. The molecule has 39 heavy (non-hydrogen) atoms. The van der Waals surface area contributed by atoms with E-state index < -0.39 is 6.10 Å². The molecule has 8 N–H and O–H groups in total. The van der Waals surface area contributed by atoms with Crippen LogP contribution in [0, 0.1) is 5.92 Å². The van der Waals surface area contributed by atoms with Crippen LogP contribution >= 0.6 is 11.8 Å². The molecule has 6 rings (SSSR count). The molecule has 0 aromatic heterocycles. The summed E-state index contributed by atoms with van der Waals surface area (Å²) in [6.07, 6.45) is 8.56. The van der Waals surface area contributed by atoms with E-state index in [1.54, 1.807) is 6.08 Å². The van der Waals surface area contributed by atoms with E-state index in [1.165, 1.54) is 25.7 Å². The van der Waals surface area contributed by atoms with Crippen LogP contribution in [-0.2, 0) is 23.8 Å². The van der Waals surface area contributed by atoms with Crippen molar-refractivity contribution in [3.63, 3.8) is 0 Å². The summed E-state index contributed by atoms with van der Waals surface area (Å²) in [5, 5.41) is 11.6. The molecule has 218 valence electrons. The number of fused-ring (bicyclic) bond motifs is 1. The van der Waals surface area contributed by atoms with Crippen molar-refractivity contribution >= 4 is 23.5 Å². The van der Waals surface area contributed by atoms with Crippen molar-refractivity contribution in [3.8, 4) is 0 Å². The second-order valence-corrected chi connectivity index (χ2v) is 13.5. The molecule has 5 aliphatic heterocycles. The Morgan fingerprint density at radius 1 is 1.13 bits per heavy atom. The van der Waals surface area contributed by atoms with Gasteiger partial charge in [0, 0.05) is 55.4 Å². The highest BCUT2D eigenvalue weighted by atomic mass is 32.2. The van der Waals surface area contributed by atoms with Crippen molar-refractivity contribution in [1.29, 1.82) is 0 Å². The molecule has 8 unspecified atom stereocenters. The third kappa shape index (κ3) is 6.12. The van der Waals surface area contributed by atoms with Crippen molar-refractivity contribution in [1.82, 2.24) is 20.9 Å². The molecular weight excluding hydrogens is 520 g/mol. The maximum Gasteiger partial charge on any atom is 0.236 e. The summed E-state index contributed by atoms with van der Waals surface area (Å²) >= 11 is 1.90. The van der Waals surface area contributed by atoms with E-state index in [0.29, 0.717) is 43.0 Å². The molecule has 5 heterocycles. The maximum absolute atomic E-state index is 12.9. The fourth-order valence-corrected chi connectivity index (χ4v) is 8.92. The number of quaternary nitrogens is 1. The predicted molar refractivity (Wildman–Crippen MR) is 146 cm³/mol. The molecule has 10 atom stereocenters. The van der Waals surface area contributed by atoms with Gasteiger partial charge in [0.2, 0.25) is 5.91 Å². The molecule has 0 aromatic carbocycles. The van der Waals surface area contributed by atoms with Crippen molar-refractivity contribution < 1.29 is 29.5 Å². The second-order valence-electron chi connectivity index (χ2n) is 12.0. The third-order valence-corrected chi connectivity index (χ3v) is 11.1. The molecule has 11 nitrogen and oxygen atoms in total. The van der Waals surface area contributed by atoms with E-state index in [0.717, 1.165) is 38.9 Å². The summed E-state index contributed by atoms with van der Waals surface area (Å²) in [6, 6.07) is 0.738. The lowest BCUT2D eigenvalue weighted by atomic mass is 9.88. The lowest BCUT2D eigenvalue weighted by Gasteiger charge is -2.40. The van der Waals surface area contributed by atoms with Gasteiger partial charge >= 0.3 is 0 Å². The van der Waals surface area contributed by atoms with Gasteiger partial charge < -0.3 is 46.5 Å². The Bertz CT molecular complexity index is 934. The zero-order valence-corrected chi connectivity index (χ0v) is 23.5. The normalized spacial score (nSPS) is 43.1. The Kier molecular flexibility index (Phi) is 8.69. The number of carbonyl (C=O) groups is 2. The summed E-state index contributed by atoms with van der Waals surface area (Å²) < 4.78 is 17.9. The molecule has 4 saturated heterocycles. The molecule has 0 radical (unpaired) electrons. The number of rotatable bonds is 7. The van der Waals surface area contributed by atoms with Crippen molar-refractivity contribution in [2.24, 2.45) is 11.7 Å². The molecule has 1 saturated carbocycles. The standard InChI is InChI=1S/C27H44N6O5S/c28-17-3-1-2-4-18(17)31-15-11-19(24(27(29)35)30-13-15)32-22-6-5-21(39-22)16-14-37-26-20(34)12-23(38-25(16)26)33-7-9-36-10-8-33/h12,15-19,21-22,24-26,30-32H,1-11,13-14,28H2,(H2,29,35)/p+1/t15?,16?,17-,18+,19?,21?,22?,24?,25?,26?/m1/s1. The average molecular weight is 566 g/mol. The van der Waals surface area contributed by atoms with Gasteiger partial charge in [-0.3, -0.25) is 9.59 Å². The maximum atomic E-state index is 12.9. The lowest BCUT2D eigenvalue weighted by molar-refractivity contribution is -0.431. The molecule has 12 heteroatoms. The Morgan fingerprint density at radius 2 is 1.95 bits per heavy atom. The summed E-state index contributed by atoms with van der Waals surface area (Å²) in [5.74, 6) is 0.510. The van der Waals surface area contributed by atoms with E-state index in [1.807, 2.05) is 11.8 Å². The number of nitrogens with zero attached hydrogens (tertiary/aromatic N) is 1. The van der Waals surface area contributed by atoms with E-state index in [9.17, 15) is 9.59 Å². The topological polar surface area (TPSA) is 155 Å². The van der Waals surface area contributed by atoms with Crippen LogP contribution in [0.4, 0.5) is 0 Å². The quantitative estimate of drug-likeness (QED) is 0.251. The number of nitrogens with one attached hydrogen (secondary N) is 3. The molecule has 0 aromatic rings. The largest absolute Gasteiger partial charge is 0.472 e. The van der Waals surface area contributed by atoms with Gasteiger partial charge in [-0.25, -0.2) is 0 Å². The first-order chi connectivity index (χ1) is 19.0. The van der Waals surface area contributed by atoms with Gasteiger partial charge in [0.05, 0.1) is 37.3 Å². The Morgan fingerprint density at radius 3 is 2.74 bits per heavy atom. The van der Waals surface area contributed by atoms with E-state index in [4.69, 9.17) is 19.9 Å². The number of morpholine rings is 1. The van der Waals surface area contributed by atoms with Crippen molar-refractivity contribution in [3.05, 3.63) is 12.0 Å². The van der Waals surface area contributed by atoms with Crippen LogP contribution in [0.1, 0.15) is 44.9 Å². The van der Waals surface area contributed by atoms with Gasteiger partial charge in [-0.15, -0.1) is 11.8 Å². The van der Waals surface area contributed by atoms with Crippen LogP contribution < -0.4 is 27.4 Å². The third-order valence-electron chi connectivity index (χ3n) is 9.43. The average Bonchev–Trinajstić information content (AvgIpc) is 3.58. The molecule has 6 aliphatic rings. The van der Waals surface area contributed by atoms with Crippen LogP contribution in [0.2, 0.25) is 0 Å². The monoisotopic (exact) mass is 565 g/mol.